The van der Waals surface area contributed by atoms with E-state index in [1.165, 1.54) is 7.11 Å². The van der Waals surface area contributed by atoms with Gasteiger partial charge in [-0.2, -0.15) is 0 Å². The van der Waals surface area contributed by atoms with Crippen LogP contribution in [0, 0.1) is 0 Å². The fourth-order valence-electron chi connectivity index (χ4n) is 3.23. The molecular weight excluding hydrogens is 366 g/mol. The van der Waals surface area contributed by atoms with Crippen molar-refractivity contribution in [2.45, 2.75) is 90.9 Å². The number of benzene rings is 1. The van der Waals surface area contributed by atoms with Crippen LogP contribution < -0.4 is 5.32 Å². The fraction of sp³-hybridized carbons (Fsp3) is 0.667. The van der Waals surface area contributed by atoms with Gasteiger partial charge in [0.15, 0.2) is 0 Å². The van der Waals surface area contributed by atoms with Crippen LogP contribution in [0.4, 0.5) is 0 Å². The number of amides is 1. The summed E-state index contributed by atoms with van der Waals surface area (Å²) in [6, 6.07) is 4.06. The molecule has 0 fully saturated rings. The second-order valence-corrected chi connectivity index (χ2v) is 9.78. The van der Waals surface area contributed by atoms with E-state index >= 15 is 0 Å². The Bertz CT molecular complexity index is 661. The minimum absolute atomic E-state index is 0.0284. The topological polar surface area (TPSA) is 75.6 Å². The van der Waals surface area contributed by atoms with Gasteiger partial charge in [-0.05, 0) is 46.8 Å². The predicted molar refractivity (Wildman–Crippen MR) is 117 cm³/mol. The molecule has 0 aliphatic carbocycles. The molecule has 29 heavy (non-hydrogen) atoms. The van der Waals surface area contributed by atoms with Crippen LogP contribution in [0.1, 0.15) is 90.3 Å². The predicted octanol–water partition coefficient (Wildman–Crippen LogP) is 4.77. The van der Waals surface area contributed by atoms with Crippen molar-refractivity contribution in [3.05, 3.63) is 28.8 Å². The number of carbonyl (C=O) groups excluding carboxylic acids is 2. The van der Waals surface area contributed by atoms with E-state index in [4.69, 9.17) is 0 Å². The van der Waals surface area contributed by atoms with Crippen molar-refractivity contribution in [2.75, 3.05) is 13.7 Å². The summed E-state index contributed by atoms with van der Waals surface area (Å²) in [7, 11) is 1.39. The second kappa shape index (κ2) is 10.7. The first kappa shape index (κ1) is 25.0. The first-order valence-electron chi connectivity index (χ1n) is 10.6. The number of ether oxygens (including phenoxy) is 1. The van der Waals surface area contributed by atoms with E-state index in [1.54, 1.807) is 0 Å². The smallest absolute Gasteiger partial charge is 0.305 e. The number of methoxy groups -OCH3 is 1. The molecule has 0 saturated heterocycles. The van der Waals surface area contributed by atoms with Crippen LogP contribution >= 0.6 is 0 Å². The van der Waals surface area contributed by atoms with Crippen LogP contribution in [0.5, 0.6) is 5.75 Å². The number of aromatic hydroxyl groups is 1. The summed E-state index contributed by atoms with van der Waals surface area (Å²) in [5.41, 5.74) is 2.57. The SMILES string of the molecule is COC(=O)CCCCCNC(=O)CCc1cc(C(C)(C)C)c(O)c(C(C)(C)C)c1. The van der Waals surface area contributed by atoms with Crippen molar-refractivity contribution in [3.8, 4) is 5.75 Å². The van der Waals surface area contributed by atoms with Gasteiger partial charge < -0.3 is 15.2 Å². The molecular formula is C24H39NO4. The monoisotopic (exact) mass is 405 g/mol. The van der Waals surface area contributed by atoms with Crippen LogP contribution in [-0.4, -0.2) is 30.6 Å². The lowest BCUT2D eigenvalue weighted by Gasteiger charge is -2.28. The number of nitrogens with one attached hydrogen (secondary N) is 1. The van der Waals surface area contributed by atoms with E-state index in [9.17, 15) is 14.7 Å². The summed E-state index contributed by atoms with van der Waals surface area (Å²) >= 11 is 0. The molecule has 0 bridgehead atoms. The van der Waals surface area contributed by atoms with Crippen molar-refractivity contribution in [2.24, 2.45) is 0 Å². The number of rotatable bonds is 9. The molecule has 1 amide bonds. The Labute approximate surface area is 176 Å². The molecule has 0 atom stereocenters. The number of unbranched alkanes of at least 4 members (excludes halogenated alkanes) is 2. The number of esters is 1. The standard InChI is InChI=1S/C24H39NO4/c1-23(2,3)18-15-17(16-19(22(18)28)24(4,5)6)12-13-20(26)25-14-10-8-9-11-21(27)29-7/h15-16,28H,8-14H2,1-7H3,(H,25,26). The van der Waals surface area contributed by atoms with Gasteiger partial charge in [0, 0.05) is 19.4 Å². The van der Waals surface area contributed by atoms with Gasteiger partial charge in [0.2, 0.25) is 5.91 Å². The average Bonchev–Trinajstić information content (AvgIpc) is 2.61. The van der Waals surface area contributed by atoms with E-state index in [1.807, 2.05) is 12.1 Å². The number of carbonyl (C=O) groups is 2. The van der Waals surface area contributed by atoms with Crippen LogP contribution in [0.3, 0.4) is 0 Å². The molecule has 2 N–H and O–H groups in total. The zero-order valence-corrected chi connectivity index (χ0v) is 19.3. The van der Waals surface area contributed by atoms with E-state index in [-0.39, 0.29) is 22.7 Å². The molecule has 5 heteroatoms. The minimum atomic E-state index is -0.188. The molecule has 5 nitrogen and oxygen atoms in total. The summed E-state index contributed by atoms with van der Waals surface area (Å²) < 4.78 is 4.61. The third-order valence-electron chi connectivity index (χ3n) is 5.03. The summed E-state index contributed by atoms with van der Waals surface area (Å²) in [5, 5.41) is 13.7. The molecule has 1 rings (SSSR count). The molecule has 0 aliphatic rings. The Kier molecular flexibility index (Phi) is 9.18. The first-order valence-corrected chi connectivity index (χ1v) is 10.6. The van der Waals surface area contributed by atoms with E-state index in [2.05, 4.69) is 51.6 Å². The highest BCUT2D eigenvalue weighted by molar-refractivity contribution is 5.76. The van der Waals surface area contributed by atoms with E-state index in [0.29, 0.717) is 31.6 Å². The van der Waals surface area contributed by atoms with Crippen molar-refractivity contribution < 1.29 is 19.4 Å². The molecule has 0 unspecified atom stereocenters. The Hall–Kier alpha value is -2.04. The van der Waals surface area contributed by atoms with Gasteiger partial charge in [0.1, 0.15) is 5.75 Å². The second-order valence-electron chi connectivity index (χ2n) is 9.78. The molecule has 0 heterocycles. The van der Waals surface area contributed by atoms with Gasteiger partial charge in [0.25, 0.3) is 0 Å². The third-order valence-corrected chi connectivity index (χ3v) is 5.03. The van der Waals surface area contributed by atoms with Crippen LogP contribution in [0.2, 0.25) is 0 Å². The van der Waals surface area contributed by atoms with Crippen molar-refractivity contribution >= 4 is 11.9 Å². The van der Waals surface area contributed by atoms with Gasteiger partial charge in [-0.15, -0.1) is 0 Å². The van der Waals surface area contributed by atoms with Crippen molar-refractivity contribution in [3.63, 3.8) is 0 Å². The highest BCUT2D eigenvalue weighted by atomic mass is 16.5. The summed E-state index contributed by atoms with van der Waals surface area (Å²) in [5.74, 6) is 0.206. The molecule has 164 valence electrons. The van der Waals surface area contributed by atoms with Crippen LogP contribution in [-0.2, 0) is 31.6 Å². The van der Waals surface area contributed by atoms with Gasteiger partial charge >= 0.3 is 5.97 Å². The largest absolute Gasteiger partial charge is 0.507 e. The van der Waals surface area contributed by atoms with Crippen molar-refractivity contribution in [1.82, 2.24) is 5.32 Å². The Morgan fingerprint density at radius 3 is 1.97 bits per heavy atom. The fourth-order valence-corrected chi connectivity index (χ4v) is 3.23. The van der Waals surface area contributed by atoms with Gasteiger partial charge in [-0.1, -0.05) is 60.1 Å². The van der Waals surface area contributed by atoms with E-state index in [0.717, 1.165) is 36.0 Å². The van der Waals surface area contributed by atoms with Crippen LogP contribution in [0.25, 0.3) is 0 Å². The van der Waals surface area contributed by atoms with Gasteiger partial charge in [-0.3, -0.25) is 9.59 Å². The van der Waals surface area contributed by atoms with Crippen LogP contribution in [0.15, 0.2) is 12.1 Å². The number of hydrogen-bond donors (Lipinski definition) is 2. The maximum Gasteiger partial charge on any atom is 0.305 e. The lowest BCUT2D eigenvalue weighted by molar-refractivity contribution is -0.140. The summed E-state index contributed by atoms with van der Waals surface area (Å²) in [6.07, 6.45) is 4.00. The Balaban J connectivity index is 2.63. The third kappa shape index (κ3) is 8.46. The Morgan fingerprint density at radius 1 is 0.931 bits per heavy atom. The van der Waals surface area contributed by atoms with Crippen molar-refractivity contribution in [1.29, 1.82) is 0 Å². The highest BCUT2D eigenvalue weighted by Gasteiger charge is 2.26. The molecule has 0 aliphatic heterocycles. The normalized spacial score (nSPS) is 12.0. The molecule has 0 aromatic heterocycles. The van der Waals surface area contributed by atoms with E-state index < -0.39 is 0 Å². The highest BCUT2D eigenvalue weighted by Crippen LogP contribution is 2.39. The number of hydrogen-bond acceptors (Lipinski definition) is 4. The quantitative estimate of drug-likeness (QED) is 0.458. The average molecular weight is 406 g/mol. The minimum Gasteiger partial charge on any atom is -0.507 e. The zero-order chi connectivity index (χ0) is 22.2. The maximum absolute atomic E-state index is 12.2. The number of phenolic OH excluding ortho intramolecular Hbond substituents is 1. The molecule has 0 spiro atoms. The maximum atomic E-state index is 12.2. The molecule has 1 aromatic rings. The Morgan fingerprint density at radius 2 is 1.48 bits per heavy atom. The zero-order valence-electron chi connectivity index (χ0n) is 19.3. The molecule has 1 aromatic carbocycles. The molecule has 0 saturated carbocycles. The lowest BCUT2D eigenvalue weighted by atomic mass is 9.78. The number of phenols is 1. The lowest BCUT2D eigenvalue weighted by Crippen LogP contribution is -2.25. The summed E-state index contributed by atoms with van der Waals surface area (Å²) in [4.78, 5) is 23.3. The van der Waals surface area contributed by atoms with Gasteiger partial charge in [-0.25, -0.2) is 0 Å². The van der Waals surface area contributed by atoms with Gasteiger partial charge in [0.05, 0.1) is 7.11 Å². The molecule has 0 radical (unpaired) electrons. The first-order chi connectivity index (χ1) is 13.4. The summed E-state index contributed by atoms with van der Waals surface area (Å²) in [6.45, 7) is 13.2. The number of aryl methyl sites for hydroxylation is 1.